The van der Waals surface area contributed by atoms with Gasteiger partial charge in [-0.2, -0.15) is 0 Å². The third kappa shape index (κ3) is 3.86. The molecule has 0 aliphatic heterocycles. The van der Waals surface area contributed by atoms with Gasteiger partial charge in [0.1, 0.15) is 5.82 Å². The second-order valence-corrected chi connectivity index (χ2v) is 5.90. The summed E-state index contributed by atoms with van der Waals surface area (Å²) in [5.41, 5.74) is 3.77. The van der Waals surface area contributed by atoms with Gasteiger partial charge in [0.15, 0.2) is 0 Å². The summed E-state index contributed by atoms with van der Waals surface area (Å²) >= 11 is 1.64. The molecule has 0 unspecified atom stereocenters. The average Bonchev–Trinajstić information content (AvgIpc) is 3.01. The lowest BCUT2D eigenvalue weighted by Gasteiger charge is -2.02. The lowest BCUT2D eigenvalue weighted by Crippen LogP contribution is -1.86. The fourth-order valence-electron chi connectivity index (χ4n) is 2.05. The van der Waals surface area contributed by atoms with Crippen LogP contribution in [0, 0.1) is 6.92 Å². The van der Waals surface area contributed by atoms with E-state index in [0.717, 1.165) is 22.3 Å². The van der Waals surface area contributed by atoms with Crippen molar-refractivity contribution in [3.05, 3.63) is 77.1 Å². The van der Waals surface area contributed by atoms with Crippen molar-refractivity contribution in [3.63, 3.8) is 0 Å². The molecule has 0 atom stereocenters. The van der Waals surface area contributed by atoms with E-state index in [0.29, 0.717) is 0 Å². The zero-order valence-corrected chi connectivity index (χ0v) is 13.2. The van der Waals surface area contributed by atoms with Crippen LogP contribution in [0.1, 0.15) is 22.5 Å². The number of thioether (sulfide) groups is 1. The van der Waals surface area contributed by atoms with E-state index in [2.05, 4.69) is 58.5 Å². The first-order valence-corrected chi connectivity index (χ1v) is 8.13. The summed E-state index contributed by atoms with van der Waals surface area (Å²) in [6.45, 7) is 2.13. The number of nitrogens with one attached hydrogen (secondary N) is 1. The van der Waals surface area contributed by atoms with Crippen molar-refractivity contribution in [2.75, 3.05) is 0 Å². The Morgan fingerprint density at radius 3 is 2.59 bits per heavy atom. The molecule has 0 radical (unpaired) electrons. The van der Waals surface area contributed by atoms with Crippen LogP contribution in [0.5, 0.6) is 0 Å². The highest BCUT2D eigenvalue weighted by Crippen LogP contribution is 2.21. The molecule has 0 fully saturated rings. The normalized spacial score (nSPS) is 11.1. The maximum absolute atomic E-state index is 4.48. The average molecular weight is 307 g/mol. The van der Waals surface area contributed by atoms with E-state index < -0.39 is 0 Å². The Labute approximate surface area is 134 Å². The van der Waals surface area contributed by atoms with Gasteiger partial charge in [-0.3, -0.25) is 5.10 Å². The van der Waals surface area contributed by atoms with Crippen LogP contribution in [0.4, 0.5) is 0 Å². The Hall–Kier alpha value is -2.33. The molecule has 0 aliphatic rings. The molecule has 0 saturated carbocycles. The van der Waals surface area contributed by atoms with Crippen molar-refractivity contribution in [2.45, 2.75) is 17.8 Å². The van der Waals surface area contributed by atoms with Gasteiger partial charge in [0.2, 0.25) is 5.16 Å². The Morgan fingerprint density at radius 1 is 1.00 bits per heavy atom. The van der Waals surface area contributed by atoms with E-state index >= 15 is 0 Å². The van der Waals surface area contributed by atoms with Crippen LogP contribution >= 0.6 is 11.8 Å². The standard InChI is InChI=1S/C18H17N3S/c1-14-7-5-6-10-16(14)13-22-18-19-17(20-21-18)12-11-15-8-3-2-4-9-15/h2-12H,13H2,1H3,(H,19,20,21)/b12-11+. The molecule has 0 spiro atoms. The molecule has 0 saturated heterocycles. The van der Waals surface area contributed by atoms with Gasteiger partial charge in [-0.1, -0.05) is 72.4 Å². The fourth-order valence-corrected chi connectivity index (χ4v) is 2.93. The molecule has 4 heteroatoms. The molecule has 3 aromatic rings. The van der Waals surface area contributed by atoms with Gasteiger partial charge in [-0.25, -0.2) is 4.98 Å². The zero-order valence-electron chi connectivity index (χ0n) is 12.4. The van der Waals surface area contributed by atoms with Crippen molar-refractivity contribution in [3.8, 4) is 0 Å². The predicted octanol–water partition coefficient (Wildman–Crippen LogP) is 4.58. The van der Waals surface area contributed by atoms with E-state index in [9.17, 15) is 0 Å². The van der Waals surface area contributed by atoms with E-state index in [1.807, 2.05) is 30.4 Å². The molecule has 1 aromatic heterocycles. The molecule has 1 N–H and O–H groups in total. The largest absolute Gasteiger partial charge is 0.259 e. The highest BCUT2D eigenvalue weighted by Gasteiger charge is 2.03. The molecule has 22 heavy (non-hydrogen) atoms. The summed E-state index contributed by atoms with van der Waals surface area (Å²) < 4.78 is 0. The minimum Gasteiger partial charge on any atom is -0.259 e. The molecule has 3 nitrogen and oxygen atoms in total. The van der Waals surface area contributed by atoms with Gasteiger partial charge >= 0.3 is 0 Å². The quantitative estimate of drug-likeness (QED) is 0.702. The van der Waals surface area contributed by atoms with Gasteiger partial charge < -0.3 is 0 Å². The summed E-state index contributed by atoms with van der Waals surface area (Å²) in [7, 11) is 0. The summed E-state index contributed by atoms with van der Waals surface area (Å²) in [5, 5.41) is 7.98. The minimum absolute atomic E-state index is 0.774. The number of nitrogens with zero attached hydrogens (tertiary/aromatic N) is 2. The number of aromatic amines is 1. The van der Waals surface area contributed by atoms with Gasteiger partial charge in [0.05, 0.1) is 0 Å². The van der Waals surface area contributed by atoms with Crippen molar-refractivity contribution < 1.29 is 0 Å². The van der Waals surface area contributed by atoms with Gasteiger partial charge in [-0.15, -0.1) is 5.10 Å². The van der Waals surface area contributed by atoms with Crippen LogP contribution in [0.3, 0.4) is 0 Å². The predicted molar refractivity (Wildman–Crippen MR) is 92.5 cm³/mol. The lowest BCUT2D eigenvalue weighted by molar-refractivity contribution is 0.972. The van der Waals surface area contributed by atoms with Gasteiger partial charge in [0, 0.05) is 5.75 Å². The van der Waals surface area contributed by atoms with Crippen LogP contribution < -0.4 is 0 Å². The number of hydrogen-bond acceptors (Lipinski definition) is 3. The van der Waals surface area contributed by atoms with Crippen LogP contribution in [0.2, 0.25) is 0 Å². The van der Waals surface area contributed by atoms with Crippen molar-refractivity contribution in [1.29, 1.82) is 0 Å². The monoisotopic (exact) mass is 307 g/mol. The number of benzene rings is 2. The van der Waals surface area contributed by atoms with E-state index in [4.69, 9.17) is 0 Å². The summed E-state index contributed by atoms with van der Waals surface area (Å²) in [5.74, 6) is 1.66. The molecular formula is C18H17N3S. The number of hydrogen-bond donors (Lipinski definition) is 1. The molecule has 3 rings (SSSR count). The fraction of sp³-hybridized carbons (Fsp3) is 0.111. The molecule has 110 valence electrons. The van der Waals surface area contributed by atoms with Crippen LogP contribution in [0.25, 0.3) is 12.2 Å². The van der Waals surface area contributed by atoms with Gasteiger partial charge in [0.25, 0.3) is 0 Å². The highest BCUT2D eigenvalue weighted by atomic mass is 32.2. The second kappa shape index (κ2) is 7.09. The third-order valence-corrected chi connectivity index (χ3v) is 4.23. The number of aryl methyl sites for hydroxylation is 1. The van der Waals surface area contributed by atoms with E-state index in [-0.39, 0.29) is 0 Å². The zero-order chi connectivity index (χ0) is 15.2. The molecule has 0 aliphatic carbocycles. The minimum atomic E-state index is 0.774. The Morgan fingerprint density at radius 2 is 1.77 bits per heavy atom. The van der Waals surface area contributed by atoms with Gasteiger partial charge in [-0.05, 0) is 29.7 Å². The highest BCUT2D eigenvalue weighted by molar-refractivity contribution is 7.98. The summed E-state index contributed by atoms with van der Waals surface area (Å²) in [6, 6.07) is 18.5. The molecule has 0 bridgehead atoms. The van der Waals surface area contributed by atoms with Crippen molar-refractivity contribution in [2.24, 2.45) is 0 Å². The number of H-pyrrole nitrogens is 1. The molecule has 1 heterocycles. The van der Waals surface area contributed by atoms with Crippen molar-refractivity contribution >= 4 is 23.9 Å². The third-order valence-electron chi connectivity index (χ3n) is 3.33. The topological polar surface area (TPSA) is 41.6 Å². The smallest absolute Gasteiger partial charge is 0.209 e. The first-order chi connectivity index (χ1) is 10.8. The first-order valence-electron chi connectivity index (χ1n) is 7.14. The van der Waals surface area contributed by atoms with Crippen molar-refractivity contribution in [1.82, 2.24) is 15.2 Å². The Bertz CT molecular complexity index is 763. The lowest BCUT2D eigenvalue weighted by atomic mass is 10.1. The molecule has 2 aromatic carbocycles. The van der Waals surface area contributed by atoms with E-state index in [1.54, 1.807) is 11.8 Å². The SMILES string of the molecule is Cc1ccccc1CSc1n[nH]c(/C=C/c2ccccc2)n1. The second-order valence-electron chi connectivity index (χ2n) is 4.96. The van der Waals surface area contributed by atoms with Crippen LogP contribution in [-0.2, 0) is 5.75 Å². The number of rotatable bonds is 5. The maximum atomic E-state index is 4.48. The number of aromatic nitrogens is 3. The first kappa shape index (κ1) is 14.6. The Kier molecular flexibility index (Phi) is 4.71. The Balaban J connectivity index is 1.62. The van der Waals surface area contributed by atoms with Crippen LogP contribution in [0.15, 0.2) is 59.8 Å². The van der Waals surface area contributed by atoms with Crippen LogP contribution in [-0.4, -0.2) is 15.2 Å². The van der Waals surface area contributed by atoms with E-state index in [1.165, 1.54) is 11.1 Å². The summed E-state index contributed by atoms with van der Waals surface area (Å²) in [6.07, 6.45) is 3.97. The summed E-state index contributed by atoms with van der Waals surface area (Å²) in [4.78, 5) is 4.48. The maximum Gasteiger partial charge on any atom is 0.209 e. The molecular weight excluding hydrogens is 290 g/mol. The molecule has 0 amide bonds.